The van der Waals surface area contributed by atoms with E-state index in [0.29, 0.717) is 30.0 Å². The highest BCUT2D eigenvalue weighted by Crippen LogP contribution is 2.47. The maximum absolute atomic E-state index is 6.08. The summed E-state index contributed by atoms with van der Waals surface area (Å²) in [5, 5.41) is 13.1. The van der Waals surface area contributed by atoms with Gasteiger partial charge in [-0.2, -0.15) is 5.10 Å². The highest BCUT2D eigenvalue weighted by Gasteiger charge is 2.44. The summed E-state index contributed by atoms with van der Waals surface area (Å²) in [5.74, 6) is 2.41. The quantitative estimate of drug-likeness (QED) is 0.347. The number of benzene rings is 2. The highest BCUT2D eigenvalue weighted by atomic mass is 32.2. The van der Waals surface area contributed by atoms with E-state index in [1.807, 2.05) is 16.9 Å². The third-order valence-electron chi connectivity index (χ3n) is 7.88. The van der Waals surface area contributed by atoms with Gasteiger partial charge in [0, 0.05) is 42.9 Å². The van der Waals surface area contributed by atoms with Gasteiger partial charge in [-0.15, -0.1) is 0 Å². The number of hydrogen-bond donors (Lipinski definition) is 2. The molecular weight excluding hydrogens is 488 g/mol. The molecule has 0 amide bonds. The molecule has 1 spiro atoms. The number of ether oxygens (including phenoxy) is 2. The number of fused-ring (bicyclic) bond motifs is 3. The minimum atomic E-state index is 0.452. The van der Waals surface area contributed by atoms with Crippen molar-refractivity contribution in [3.8, 4) is 11.5 Å². The molecule has 2 N–H and O–H groups in total. The van der Waals surface area contributed by atoms with Crippen LogP contribution in [0.25, 0.3) is 11.0 Å². The average molecular weight is 519 g/mol. The Morgan fingerprint density at radius 2 is 2.11 bits per heavy atom. The maximum Gasteiger partial charge on any atom is 0.191 e. The third-order valence-corrected chi connectivity index (χ3v) is 8.72. The van der Waals surface area contributed by atoms with Gasteiger partial charge in [0.2, 0.25) is 0 Å². The van der Waals surface area contributed by atoms with Gasteiger partial charge in [-0.05, 0) is 67.7 Å². The second-order valence-corrected chi connectivity index (χ2v) is 11.0. The van der Waals surface area contributed by atoms with E-state index in [1.54, 1.807) is 13.3 Å². The van der Waals surface area contributed by atoms with Crippen molar-refractivity contribution in [3.05, 3.63) is 53.9 Å². The zero-order valence-electron chi connectivity index (χ0n) is 20.8. The Kier molecular flexibility index (Phi) is 5.66. The van der Waals surface area contributed by atoms with Crippen LogP contribution in [-0.2, 0) is 13.0 Å². The zero-order chi connectivity index (χ0) is 24.8. The minimum absolute atomic E-state index is 0.452. The van der Waals surface area contributed by atoms with E-state index in [4.69, 9.17) is 14.0 Å². The Balaban J connectivity index is 1.13. The summed E-state index contributed by atoms with van der Waals surface area (Å²) in [6, 6.07) is 10.3. The summed E-state index contributed by atoms with van der Waals surface area (Å²) in [7, 11) is 1.75. The Morgan fingerprint density at radius 3 is 2.92 bits per heavy atom. The predicted molar refractivity (Wildman–Crippen MR) is 144 cm³/mol. The number of piperidine rings is 1. The van der Waals surface area contributed by atoms with E-state index < -0.39 is 0 Å². The molecule has 2 aromatic carbocycles. The molecule has 5 heterocycles. The van der Waals surface area contributed by atoms with Crippen LogP contribution in [0.4, 0.5) is 11.5 Å². The van der Waals surface area contributed by atoms with E-state index in [-0.39, 0.29) is 0 Å². The van der Waals surface area contributed by atoms with E-state index in [2.05, 4.69) is 49.5 Å². The fourth-order valence-electron chi connectivity index (χ4n) is 5.98. The van der Waals surface area contributed by atoms with Gasteiger partial charge < -0.3 is 28.9 Å². The number of para-hydroxylation sites is 1. The second-order valence-electron chi connectivity index (χ2n) is 10.2. The van der Waals surface area contributed by atoms with Crippen molar-refractivity contribution in [2.75, 3.05) is 49.5 Å². The fourth-order valence-corrected chi connectivity index (χ4v) is 6.75. The lowest BCUT2D eigenvalue weighted by Crippen LogP contribution is -2.60. The zero-order valence-corrected chi connectivity index (χ0v) is 21.6. The lowest BCUT2D eigenvalue weighted by atomic mass is 9.72. The Morgan fingerprint density at radius 1 is 1.22 bits per heavy atom. The molecule has 10 heteroatoms. The van der Waals surface area contributed by atoms with Crippen LogP contribution in [0.3, 0.4) is 0 Å². The van der Waals surface area contributed by atoms with Gasteiger partial charge in [-0.3, -0.25) is 4.68 Å². The first-order chi connectivity index (χ1) is 18.2. The number of nitrogens with zero attached hydrogens (tertiary/aromatic N) is 4. The van der Waals surface area contributed by atoms with Crippen LogP contribution in [0, 0.1) is 5.41 Å². The molecule has 0 aliphatic carbocycles. The largest absolute Gasteiger partial charge is 0.493 e. The molecule has 192 valence electrons. The number of aromatic nitrogens is 3. The summed E-state index contributed by atoms with van der Waals surface area (Å²) < 4.78 is 23.1. The molecule has 2 saturated heterocycles. The first-order valence-corrected chi connectivity index (χ1v) is 13.6. The molecule has 0 unspecified atom stereocenters. The topological polar surface area (TPSA) is 89.6 Å². The summed E-state index contributed by atoms with van der Waals surface area (Å²) in [6.45, 7) is 5.74. The molecule has 2 aromatic heterocycles. The first-order valence-electron chi connectivity index (χ1n) is 12.8. The third kappa shape index (κ3) is 3.99. The van der Waals surface area contributed by atoms with Gasteiger partial charge in [0.25, 0.3) is 0 Å². The van der Waals surface area contributed by atoms with E-state index in [1.165, 1.54) is 30.4 Å². The normalized spacial score (nSPS) is 18.0. The Bertz CT molecular complexity index is 1420. The van der Waals surface area contributed by atoms with Crippen molar-refractivity contribution in [3.63, 3.8) is 0 Å². The number of methoxy groups -OCH3 is 1. The summed E-state index contributed by atoms with van der Waals surface area (Å²) in [4.78, 5) is 3.46. The maximum atomic E-state index is 6.08. The van der Waals surface area contributed by atoms with Crippen molar-refractivity contribution in [2.45, 2.75) is 30.7 Å². The molecule has 3 aliphatic rings. The number of nitrogens with one attached hydrogen (secondary N) is 2. The van der Waals surface area contributed by atoms with Crippen molar-refractivity contribution in [1.29, 1.82) is 0 Å². The number of hydrogen-bond acceptors (Lipinski definition) is 9. The SMILES string of the molecule is COc1c(SNc2noc3cc(Cn4cccn4)c4c(c23)OCC4)cccc1N1CC2(CCNCC2)C1. The van der Waals surface area contributed by atoms with Gasteiger partial charge >= 0.3 is 0 Å². The van der Waals surface area contributed by atoms with Gasteiger partial charge in [-0.1, -0.05) is 11.2 Å². The van der Waals surface area contributed by atoms with Crippen molar-refractivity contribution < 1.29 is 14.0 Å². The monoisotopic (exact) mass is 518 g/mol. The summed E-state index contributed by atoms with van der Waals surface area (Å²) in [6.07, 6.45) is 7.11. The molecule has 0 bridgehead atoms. The van der Waals surface area contributed by atoms with Crippen LogP contribution in [0.15, 0.2) is 52.1 Å². The lowest BCUT2D eigenvalue weighted by molar-refractivity contribution is 0.149. The second kappa shape index (κ2) is 9.18. The lowest BCUT2D eigenvalue weighted by Gasteiger charge is -2.53. The predicted octanol–water partition coefficient (Wildman–Crippen LogP) is 4.33. The van der Waals surface area contributed by atoms with Crippen LogP contribution < -0.4 is 24.4 Å². The van der Waals surface area contributed by atoms with Gasteiger partial charge in [-0.25, -0.2) is 0 Å². The fraction of sp³-hybridized carbons (Fsp3) is 0.407. The molecule has 7 rings (SSSR count). The minimum Gasteiger partial charge on any atom is -0.493 e. The van der Waals surface area contributed by atoms with Gasteiger partial charge in [0.1, 0.15) is 11.1 Å². The van der Waals surface area contributed by atoms with Crippen molar-refractivity contribution >= 4 is 34.4 Å². The van der Waals surface area contributed by atoms with E-state index in [9.17, 15) is 0 Å². The molecule has 2 fully saturated rings. The van der Waals surface area contributed by atoms with Crippen LogP contribution in [0.2, 0.25) is 0 Å². The molecule has 37 heavy (non-hydrogen) atoms. The van der Waals surface area contributed by atoms with Crippen LogP contribution in [0.1, 0.15) is 24.0 Å². The highest BCUT2D eigenvalue weighted by molar-refractivity contribution is 8.00. The molecule has 4 aromatic rings. The summed E-state index contributed by atoms with van der Waals surface area (Å²) >= 11 is 1.49. The Labute approximate surface area is 219 Å². The van der Waals surface area contributed by atoms with E-state index in [0.717, 1.165) is 65.6 Å². The smallest absolute Gasteiger partial charge is 0.191 e. The van der Waals surface area contributed by atoms with Crippen LogP contribution >= 0.6 is 11.9 Å². The molecule has 3 aliphatic heterocycles. The molecule has 9 nitrogen and oxygen atoms in total. The van der Waals surface area contributed by atoms with Gasteiger partial charge in [0.05, 0.1) is 30.8 Å². The average Bonchev–Trinajstić information content (AvgIpc) is 3.67. The van der Waals surface area contributed by atoms with Crippen LogP contribution in [0.5, 0.6) is 11.5 Å². The number of anilines is 2. The molecule has 0 atom stereocenters. The standard InChI is InChI=1S/C27H30N6O3S/c1-34-25-20(32-16-27(17-32)7-10-28-11-8-27)4-2-5-22(25)37-31-26-23-21(36-30-26)14-18(15-33-12-3-9-29-33)19-6-13-35-24(19)23/h2-5,9,12,14,28H,6-8,10-11,13,15-17H2,1H3,(H,30,31). The molecule has 0 saturated carbocycles. The first kappa shape index (κ1) is 22.8. The van der Waals surface area contributed by atoms with E-state index >= 15 is 0 Å². The summed E-state index contributed by atoms with van der Waals surface area (Å²) in [5.41, 5.74) is 4.65. The number of rotatable bonds is 7. The van der Waals surface area contributed by atoms with Crippen molar-refractivity contribution in [1.82, 2.24) is 20.3 Å². The van der Waals surface area contributed by atoms with Crippen molar-refractivity contribution in [2.24, 2.45) is 5.41 Å². The molecule has 0 radical (unpaired) electrons. The Hall–Kier alpha value is -3.37. The van der Waals surface area contributed by atoms with Gasteiger partial charge in [0.15, 0.2) is 17.2 Å². The molecular formula is C27H30N6O3S. The van der Waals surface area contributed by atoms with Crippen LogP contribution in [-0.4, -0.2) is 54.8 Å².